The molecular formula is C13H14N2O. The van der Waals surface area contributed by atoms with E-state index in [9.17, 15) is 5.11 Å². The lowest BCUT2D eigenvalue weighted by Gasteiger charge is -2.35. The molecule has 1 aromatic heterocycles. The summed E-state index contributed by atoms with van der Waals surface area (Å²) in [6.45, 7) is 2.44. The van der Waals surface area contributed by atoms with E-state index in [0.29, 0.717) is 0 Å². The number of aliphatic hydroxyl groups is 1. The summed E-state index contributed by atoms with van der Waals surface area (Å²) >= 11 is 0. The molecule has 16 heavy (non-hydrogen) atoms. The first-order chi connectivity index (χ1) is 7.83. The van der Waals surface area contributed by atoms with E-state index in [-0.39, 0.29) is 6.10 Å². The summed E-state index contributed by atoms with van der Waals surface area (Å²) in [5.74, 6) is 0. The highest BCUT2D eigenvalue weighted by Gasteiger charge is 2.24. The van der Waals surface area contributed by atoms with Crippen LogP contribution >= 0.6 is 0 Å². The summed E-state index contributed by atoms with van der Waals surface area (Å²) < 4.78 is 0. The fourth-order valence-electron chi connectivity index (χ4n) is 2.21. The van der Waals surface area contributed by atoms with E-state index in [1.807, 2.05) is 12.3 Å². The minimum Gasteiger partial charge on any atom is -0.390 e. The van der Waals surface area contributed by atoms with Crippen molar-refractivity contribution in [2.45, 2.75) is 12.6 Å². The maximum absolute atomic E-state index is 9.25. The van der Waals surface area contributed by atoms with E-state index < -0.39 is 0 Å². The molecule has 0 amide bonds. The number of para-hydroxylation sites is 1. The van der Waals surface area contributed by atoms with Crippen LogP contribution in [0.2, 0.25) is 0 Å². The summed E-state index contributed by atoms with van der Waals surface area (Å²) in [6, 6.07) is 10.3. The van der Waals surface area contributed by atoms with Gasteiger partial charge in [0.2, 0.25) is 0 Å². The number of fused-ring (bicyclic) bond motifs is 1. The van der Waals surface area contributed by atoms with Crippen molar-refractivity contribution in [1.29, 1.82) is 0 Å². The van der Waals surface area contributed by atoms with E-state index in [2.05, 4.69) is 34.1 Å². The smallest absolute Gasteiger partial charge is 0.0794 e. The van der Waals surface area contributed by atoms with Gasteiger partial charge in [-0.1, -0.05) is 24.3 Å². The Hall–Kier alpha value is -1.45. The second-order valence-corrected chi connectivity index (χ2v) is 4.34. The molecule has 1 saturated heterocycles. The molecule has 0 unspecified atom stereocenters. The van der Waals surface area contributed by atoms with Crippen molar-refractivity contribution in [2.24, 2.45) is 0 Å². The Morgan fingerprint density at radius 2 is 2.06 bits per heavy atom. The number of aromatic nitrogens is 1. The number of aliphatic hydroxyl groups excluding tert-OH is 1. The number of β-amino-alcohol motifs (C(OH)–C–C–N with tert-alkyl or cyclic N) is 1. The second-order valence-electron chi connectivity index (χ2n) is 4.34. The Kier molecular flexibility index (Phi) is 2.35. The van der Waals surface area contributed by atoms with Crippen molar-refractivity contribution >= 4 is 10.9 Å². The first kappa shape index (κ1) is 9.75. The van der Waals surface area contributed by atoms with Gasteiger partial charge in [-0.2, -0.15) is 0 Å². The lowest BCUT2D eigenvalue weighted by Crippen LogP contribution is -2.49. The van der Waals surface area contributed by atoms with Crippen molar-refractivity contribution < 1.29 is 5.11 Å². The Balaban J connectivity index is 1.91. The zero-order valence-electron chi connectivity index (χ0n) is 9.00. The normalized spacial score (nSPS) is 17.6. The summed E-state index contributed by atoms with van der Waals surface area (Å²) in [5, 5.41) is 10.4. The highest BCUT2D eigenvalue weighted by atomic mass is 16.3. The maximum Gasteiger partial charge on any atom is 0.0794 e. The van der Waals surface area contributed by atoms with Crippen LogP contribution in [0, 0.1) is 0 Å². The van der Waals surface area contributed by atoms with Gasteiger partial charge in [0.05, 0.1) is 11.6 Å². The van der Waals surface area contributed by atoms with E-state index in [1.54, 1.807) is 0 Å². The molecule has 1 fully saturated rings. The van der Waals surface area contributed by atoms with Crippen molar-refractivity contribution in [2.75, 3.05) is 13.1 Å². The Morgan fingerprint density at radius 3 is 2.88 bits per heavy atom. The molecule has 3 heteroatoms. The lowest BCUT2D eigenvalue weighted by atomic mass is 10.1. The molecule has 3 rings (SSSR count). The zero-order chi connectivity index (χ0) is 11.0. The SMILES string of the molecule is OC1CN(Cc2cccc3cccnc23)C1. The topological polar surface area (TPSA) is 36.4 Å². The largest absolute Gasteiger partial charge is 0.390 e. The van der Waals surface area contributed by atoms with Gasteiger partial charge < -0.3 is 5.11 Å². The molecule has 82 valence electrons. The van der Waals surface area contributed by atoms with Crippen molar-refractivity contribution in [3.63, 3.8) is 0 Å². The maximum atomic E-state index is 9.25. The van der Waals surface area contributed by atoms with E-state index in [0.717, 1.165) is 25.2 Å². The Labute approximate surface area is 94.3 Å². The van der Waals surface area contributed by atoms with Gasteiger partial charge in [-0.05, 0) is 11.6 Å². The molecule has 0 spiro atoms. The molecule has 0 atom stereocenters. The Bertz CT molecular complexity index is 501. The van der Waals surface area contributed by atoms with Crippen LogP contribution in [-0.2, 0) is 6.54 Å². The predicted molar refractivity (Wildman–Crippen MR) is 63.0 cm³/mol. The molecular weight excluding hydrogens is 200 g/mol. The highest BCUT2D eigenvalue weighted by molar-refractivity contribution is 5.81. The van der Waals surface area contributed by atoms with E-state index in [1.165, 1.54) is 10.9 Å². The zero-order valence-corrected chi connectivity index (χ0v) is 9.00. The molecule has 0 bridgehead atoms. The van der Waals surface area contributed by atoms with Crippen molar-refractivity contribution in [3.05, 3.63) is 42.1 Å². The van der Waals surface area contributed by atoms with E-state index in [4.69, 9.17) is 0 Å². The third kappa shape index (κ3) is 1.68. The molecule has 0 saturated carbocycles. The molecule has 2 heterocycles. The molecule has 0 radical (unpaired) electrons. The summed E-state index contributed by atoms with van der Waals surface area (Å²) in [5.41, 5.74) is 2.32. The van der Waals surface area contributed by atoms with Crippen LogP contribution in [0.1, 0.15) is 5.56 Å². The van der Waals surface area contributed by atoms with Crippen LogP contribution in [0.4, 0.5) is 0 Å². The average molecular weight is 214 g/mol. The number of rotatable bonds is 2. The van der Waals surface area contributed by atoms with Crippen LogP contribution in [0.5, 0.6) is 0 Å². The van der Waals surface area contributed by atoms with Gasteiger partial charge in [-0.25, -0.2) is 0 Å². The van der Waals surface area contributed by atoms with Crippen molar-refractivity contribution in [3.8, 4) is 0 Å². The average Bonchev–Trinajstić information content (AvgIpc) is 2.27. The summed E-state index contributed by atoms with van der Waals surface area (Å²) in [7, 11) is 0. The van der Waals surface area contributed by atoms with Gasteiger partial charge in [0.1, 0.15) is 0 Å². The molecule has 3 nitrogen and oxygen atoms in total. The molecule has 1 N–H and O–H groups in total. The number of pyridine rings is 1. The molecule has 1 aliphatic heterocycles. The van der Waals surface area contributed by atoms with Gasteiger partial charge in [-0.15, -0.1) is 0 Å². The number of hydrogen-bond acceptors (Lipinski definition) is 3. The molecule has 2 aromatic rings. The fraction of sp³-hybridized carbons (Fsp3) is 0.308. The van der Waals surface area contributed by atoms with Gasteiger partial charge >= 0.3 is 0 Å². The van der Waals surface area contributed by atoms with Crippen LogP contribution in [0.15, 0.2) is 36.5 Å². The molecule has 0 aliphatic carbocycles. The molecule has 1 aromatic carbocycles. The van der Waals surface area contributed by atoms with Gasteiger partial charge in [0.25, 0.3) is 0 Å². The monoisotopic (exact) mass is 214 g/mol. The number of likely N-dealkylation sites (tertiary alicyclic amines) is 1. The first-order valence-corrected chi connectivity index (χ1v) is 5.56. The third-order valence-corrected chi connectivity index (χ3v) is 3.05. The van der Waals surface area contributed by atoms with Gasteiger partial charge in [-0.3, -0.25) is 9.88 Å². The summed E-state index contributed by atoms with van der Waals surface area (Å²) in [6.07, 6.45) is 1.69. The van der Waals surface area contributed by atoms with E-state index >= 15 is 0 Å². The van der Waals surface area contributed by atoms with Crippen molar-refractivity contribution in [1.82, 2.24) is 9.88 Å². The minimum absolute atomic E-state index is 0.136. The molecule has 1 aliphatic rings. The Morgan fingerprint density at radius 1 is 1.25 bits per heavy atom. The van der Waals surface area contributed by atoms with Crippen LogP contribution in [-0.4, -0.2) is 34.2 Å². The van der Waals surface area contributed by atoms with Crippen LogP contribution in [0.3, 0.4) is 0 Å². The number of hydrogen-bond donors (Lipinski definition) is 1. The minimum atomic E-state index is -0.136. The fourth-order valence-corrected chi connectivity index (χ4v) is 2.21. The number of benzene rings is 1. The first-order valence-electron chi connectivity index (χ1n) is 5.56. The van der Waals surface area contributed by atoms with Crippen LogP contribution in [0.25, 0.3) is 10.9 Å². The van der Waals surface area contributed by atoms with Gasteiger partial charge in [0, 0.05) is 31.2 Å². The van der Waals surface area contributed by atoms with Crippen LogP contribution < -0.4 is 0 Å². The quantitative estimate of drug-likeness (QED) is 0.821. The summed E-state index contributed by atoms with van der Waals surface area (Å²) in [4.78, 5) is 6.65. The van der Waals surface area contributed by atoms with Gasteiger partial charge in [0.15, 0.2) is 0 Å². The predicted octanol–water partition coefficient (Wildman–Crippen LogP) is 1.41. The second kappa shape index (κ2) is 3.85. The third-order valence-electron chi connectivity index (χ3n) is 3.05. The number of nitrogens with zero attached hydrogens (tertiary/aromatic N) is 2. The standard InChI is InChI=1S/C13H14N2O/c16-12-8-15(9-12)7-11-4-1-3-10-5-2-6-14-13(10)11/h1-6,12,16H,7-9H2. The lowest BCUT2D eigenvalue weighted by molar-refractivity contribution is -0.00266. The highest BCUT2D eigenvalue weighted by Crippen LogP contribution is 2.19.